The number of urea groups is 1. The zero-order valence-corrected chi connectivity index (χ0v) is 17.7. The smallest absolute Gasteiger partial charge is 0.322 e. The Morgan fingerprint density at radius 2 is 1.88 bits per heavy atom. The minimum atomic E-state index is -0.390. The van der Waals surface area contributed by atoms with Gasteiger partial charge in [0, 0.05) is 18.2 Å². The first-order valence-corrected chi connectivity index (χ1v) is 11.1. The fourth-order valence-corrected chi connectivity index (χ4v) is 5.24. The third kappa shape index (κ3) is 3.66. The predicted octanol–water partition coefficient (Wildman–Crippen LogP) is 3.60. The van der Waals surface area contributed by atoms with E-state index in [9.17, 15) is 19.1 Å². The number of carbonyl (C=O) groups excluding carboxylic acids is 2. The van der Waals surface area contributed by atoms with Crippen molar-refractivity contribution in [2.75, 3.05) is 25.0 Å². The fourth-order valence-electron chi connectivity index (χ4n) is 5.24. The van der Waals surface area contributed by atoms with E-state index in [0.29, 0.717) is 12.2 Å². The summed E-state index contributed by atoms with van der Waals surface area (Å²) in [6.45, 7) is 0.230. The van der Waals surface area contributed by atoms with Gasteiger partial charge in [0.2, 0.25) is 5.91 Å². The van der Waals surface area contributed by atoms with Crippen molar-refractivity contribution in [3.8, 4) is 0 Å². The van der Waals surface area contributed by atoms with E-state index in [1.54, 1.807) is 4.90 Å². The Balaban J connectivity index is 1.32. The molecule has 0 saturated carbocycles. The third-order valence-electron chi connectivity index (χ3n) is 6.84. The number of allylic oxidation sites excluding steroid dienone is 2. The number of aliphatic hydroxyl groups is 1. The molecule has 2 fully saturated rings. The van der Waals surface area contributed by atoms with Crippen molar-refractivity contribution in [3.63, 3.8) is 0 Å². The highest BCUT2D eigenvalue weighted by Crippen LogP contribution is 2.43. The highest BCUT2D eigenvalue weighted by molar-refractivity contribution is 5.93. The van der Waals surface area contributed by atoms with Gasteiger partial charge < -0.3 is 20.2 Å². The molecule has 2 aromatic rings. The molecule has 0 aromatic heterocycles. The maximum atomic E-state index is 13.1. The molecule has 3 aliphatic rings. The van der Waals surface area contributed by atoms with Gasteiger partial charge in [-0.1, -0.05) is 30.3 Å². The second kappa shape index (κ2) is 8.39. The lowest BCUT2D eigenvalue weighted by Gasteiger charge is -2.58. The molecule has 2 aliphatic heterocycles. The second-order valence-electron chi connectivity index (χ2n) is 8.71. The van der Waals surface area contributed by atoms with Crippen molar-refractivity contribution < 1.29 is 19.1 Å². The number of benzene rings is 2. The molecular weight excluding hydrogens is 409 g/mol. The van der Waals surface area contributed by atoms with Gasteiger partial charge in [0.15, 0.2) is 0 Å². The van der Waals surface area contributed by atoms with E-state index in [1.165, 1.54) is 46.7 Å². The number of amides is 3. The van der Waals surface area contributed by atoms with E-state index in [1.807, 2.05) is 0 Å². The summed E-state index contributed by atoms with van der Waals surface area (Å²) in [5, 5.41) is 12.7. The number of rotatable bonds is 4. The van der Waals surface area contributed by atoms with Crippen molar-refractivity contribution >= 4 is 23.2 Å². The van der Waals surface area contributed by atoms with E-state index in [-0.39, 0.29) is 48.9 Å². The summed E-state index contributed by atoms with van der Waals surface area (Å²) in [6.07, 6.45) is 5.71. The van der Waals surface area contributed by atoms with Gasteiger partial charge >= 0.3 is 6.03 Å². The van der Waals surface area contributed by atoms with E-state index < -0.39 is 0 Å². The summed E-state index contributed by atoms with van der Waals surface area (Å²) in [7, 11) is 0. The molecule has 3 atom stereocenters. The van der Waals surface area contributed by atoms with Gasteiger partial charge in [0.05, 0.1) is 18.7 Å². The first-order chi connectivity index (χ1) is 15.5. The quantitative estimate of drug-likeness (QED) is 0.771. The molecule has 2 N–H and O–H groups in total. The highest BCUT2D eigenvalue weighted by atomic mass is 19.1. The van der Waals surface area contributed by atoms with Gasteiger partial charge in [0.25, 0.3) is 0 Å². The van der Waals surface area contributed by atoms with E-state index in [0.717, 1.165) is 18.4 Å². The topological polar surface area (TPSA) is 72.9 Å². The van der Waals surface area contributed by atoms with Crippen molar-refractivity contribution in [1.29, 1.82) is 0 Å². The number of carbonyl (C=O) groups is 2. The van der Waals surface area contributed by atoms with Gasteiger partial charge in [-0.15, -0.1) is 0 Å². The number of piperazine rings is 1. The molecule has 0 spiro atoms. The monoisotopic (exact) mass is 435 g/mol. The molecule has 6 nitrogen and oxygen atoms in total. The summed E-state index contributed by atoms with van der Waals surface area (Å²) in [5.41, 5.74) is 4.15. The summed E-state index contributed by atoms with van der Waals surface area (Å²) in [5.74, 6) is -0.579. The molecule has 0 bridgehead atoms. The molecule has 3 amide bonds. The average molecular weight is 435 g/mol. The summed E-state index contributed by atoms with van der Waals surface area (Å²) < 4.78 is 13.1. The van der Waals surface area contributed by atoms with Crippen molar-refractivity contribution in [2.45, 2.75) is 37.3 Å². The minimum Gasteiger partial charge on any atom is -0.394 e. The van der Waals surface area contributed by atoms with Crippen LogP contribution in [0.4, 0.5) is 14.9 Å². The molecule has 1 aliphatic carbocycles. The maximum Gasteiger partial charge on any atom is 0.322 e. The van der Waals surface area contributed by atoms with Crippen LogP contribution in [-0.2, 0) is 4.79 Å². The maximum absolute atomic E-state index is 13.1. The Hall–Kier alpha value is -3.19. The molecule has 5 rings (SSSR count). The van der Waals surface area contributed by atoms with Crippen LogP contribution in [0.25, 0.3) is 5.57 Å². The SMILES string of the molecule is O=C(Nc1ccc(F)cc1)N1CC(=O)N2[C@H](C1)[C@H](c1ccc(C3=CCCC3)cc1)[C@@H]2CO. The second-order valence-corrected chi connectivity index (χ2v) is 8.71. The van der Waals surface area contributed by atoms with Crippen LogP contribution in [0.3, 0.4) is 0 Å². The van der Waals surface area contributed by atoms with Crippen LogP contribution in [-0.4, -0.2) is 58.6 Å². The number of nitrogens with one attached hydrogen (secondary N) is 1. The van der Waals surface area contributed by atoms with Gasteiger partial charge in [-0.3, -0.25) is 4.79 Å². The Morgan fingerprint density at radius 1 is 1.12 bits per heavy atom. The zero-order valence-electron chi connectivity index (χ0n) is 17.7. The van der Waals surface area contributed by atoms with Crippen LogP contribution in [0, 0.1) is 5.82 Å². The lowest BCUT2D eigenvalue weighted by Crippen LogP contribution is -2.73. The van der Waals surface area contributed by atoms with Crippen LogP contribution in [0.15, 0.2) is 54.6 Å². The number of hydrogen-bond donors (Lipinski definition) is 2. The van der Waals surface area contributed by atoms with Crippen LogP contribution >= 0.6 is 0 Å². The lowest BCUT2D eigenvalue weighted by molar-refractivity contribution is -0.159. The van der Waals surface area contributed by atoms with Crippen LogP contribution in [0.2, 0.25) is 0 Å². The lowest BCUT2D eigenvalue weighted by atomic mass is 9.73. The molecule has 2 saturated heterocycles. The summed E-state index contributed by atoms with van der Waals surface area (Å²) in [4.78, 5) is 28.7. The Labute approximate surface area is 186 Å². The fraction of sp³-hybridized carbons (Fsp3) is 0.360. The van der Waals surface area contributed by atoms with E-state index >= 15 is 0 Å². The highest BCUT2D eigenvalue weighted by Gasteiger charge is 2.54. The normalized spacial score (nSPS) is 24.6. The van der Waals surface area contributed by atoms with E-state index in [4.69, 9.17) is 0 Å². The van der Waals surface area contributed by atoms with Gasteiger partial charge in [-0.25, -0.2) is 9.18 Å². The van der Waals surface area contributed by atoms with Gasteiger partial charge in [0.1, 0.15) is 12.4 Å². The molecule has 2 aromatic carbocycles. The van der Waals surface area contributed by atoms with Crippen molar-refractivity contribution in [1.82, 2.24) is 9.80 Å². The van der Waals surface area contributed by atoms with Crippen LogP contribution in [0.1, 0.15) is 36.3 Å². The Morgan fingerprint density at radius 3 is 2.53 bits per heavy atom. The molecule has 166 valence electrons. The number of fused-ring (bicyclic) bond motifs is 1. The zero-order chi connectivity index (χ0) is 22.2. The molecule has 2 heterocycles. The number of nitrogens with zero attached hydrogens (tertiary/aromatic N) is 2. The third-order valence-corrected chi connectivity index (χ3v) is 6.84. The number of anilines is 1. The predicted molar refractivity (Wildman–Crippen MR) is 120 cm³/mol. The van der Waals surface area contributed by atoms with Crippen molar-refractivity contribution in [3.05, 3.63) is 71.6 Å². The van der Waals surface area contributed by atoms with Crippen LogP contribution < -0.4 is 5.32 Å². The summed E-state index contributed by atoms with van der Waals surface area (Å²) >= 11 is 0. The Kier molecular flexibility index (Phi) is 5.43. The first-order valence-electron chi connectivity index (χ1n) is 11.1. The standard InChI is InChI=1S/C25H26FN3O3/c26-19-9-11-20(12-10-19)27-25(32)28-13-21-24(22(15-30)29(21)23(31)14-28)18-7-5-17(6-8-18)16-3-1-2-4-16/h3,5-12,21-22,24,30H,1-2,4,13-15H2,(H,27,32)/t21-,22+,24+/m1/s1. The van der Waals surface area contributed by atoms with Gasteiger partial charge in [-0.05, 0) is 60.2 Å². The average Bonchev–Trinajstić information content (AvgIpc) is 3.32. The minimum absolute atomic E-state index is 0.0306. The first kappa shape index (κ1) is 20.7. The van der Waals surface area contributed by atoms with Gasteiger partial charge in [-0.2, -0.15) is 0 Å². The molecule has 0 radical (unpaired) electrons. The molecule has 32 heavy (non-hydrogen) atoms. The number of hydrogen-bond acceptors (Lipinski definition) is 3. The Bertz CT molecular complexity index is 1050. The number of aliphatic hydroxyl groups excluding tert-OH is 1. The molecule has 0 unspecified atom stereocenters. The number of halogens is 1. The molecule has 7 heteroatoms. The van der Waals surface area contributed by atoms with Crippen LogP contribution in [0.5, 0.6) is 0 Å². The summed E-state index contributed by atoms with van der Waals surface area (Å²) in [6, 6.07) is 13.1. The van der Waals surface area contributed by atoms with E-state index in [2.05, 4.69) is 35.7 Å². The molecular formula is C25H26FN3O3. The van der Waals surface area contributed by atoms with Crippen molar-refractivity contribution in [2.24, 2.45) is 0 Å². The largest absolute Gasteiger partial charge is 0.394 e.